The molecule has 2 aromatic rings. The predicted molar refractivity (Wildman–Crippen MR) is 76.5 cm³/mol. The van der Waals surface area contributed by atoms with Gasteiger partial charge in [-0.3, -0.25) is 4.79 Å². The van der Waals surface area contributed by atoms with Gasteiger partial charge in [0, 0.05) is 12.5 Å². The second-order valence-corrected chi connectivity index (χ2v) is 5.65. The molecule has 0 saturated heterocycles. The van der Waals surface area contributed by atoms with Crippen molar-refractivity contribution in [2.45, 2.75) is 57.7 Å². The van der Waals surface area contributed by atoms with Gasteiger partial charge in [0.1, 0.15) is 12.7 Å². The van der Waals surface area contributed by atoms with Crippen molar-refractivity contribution in [1.29, 1.82) is 0 Å². The molecule has 22 heavy (non-hydrogen) atoms. The van der Waals surface area contributed by atoms with Crippen LogP contribution >= 0.6 is 0 Å². The zero-order chi connectivity index (χ0) is 15.4. The highest BCUT2D eigenvalue weighted by atomic mass is 16.1. The van der Waals surface area contributed by atoms with Gasteiger partial charge in [-0.25, -0.2) is 4.68 Å². The monoisotopic (exact) mass is 304 g/mol. The summed E-state index contributed by atoms with van der Waals surface area (Å²) in [6, 6.07) is 0.301. The first-order valence-electron chi connectivity index (χ1n) is 7.63. The summed E-state index contributed by atoms with van der Waals surface area (Å²) < 4.78 is 3.64. The van der Waals surface area contributed by atoms with Gasteiger partial charge in [0.2, 0.25) is 5.91 Å². The summed E-state index contributed by atoms with van der Waals surface area (Å²) in [6.45, 7) is 2.39. The van der Waals surface area contributed by atoms with Gasteiger partial charge in [-0.05, 0) is 30.2 Å². The van der Waals surface area contributed by atoms with Crippen molar-refractivity contribution in [2.24, 2.45) is 0 Å². The van der Waals surface area contributed by atoms with Crippen LogP contribution in [0.15, 0.2) is 12.7 Å². The van der Waals surface area contributed by atoms with Crippen molar-refractivity contribution in [1.82, 2.24) is 40.3 Å². The molecule has 9 heteroatoms. The third-order valence-corrected chi connectivity index (χ3v) is 4.04. The lowest BCUT2D eigenvalue weighted by Gasteiger charge is -2.18. The highest BCUT2D eigenvalue weighted by molar-refractivity contribution is 5.76. The highest BCUT2D eigenvalue weighted by Gasteiger charge is 2.23. The Balaban J connectivity index is 1.56. The zero-order valence-corrected chi connectivity index (χ0v) is 12.6. The van der Waals surface area contributed by atoms with E-state index in [4.69, 9.17) is 0 Å². The molecule has 1 N–H and O–H groups in total. The first-order valence-corrected chi connectivity index (χ1v) is 7.63. The Kier molecular flexibility index (Phi) is 4.40. The quantitative estimate of drug-likeness (QED) is 0.840. The Morgan fingerprint density at radius 1 is 1.36 bits per heavy atom. The number of hydrogen-bond donors (Lipinski definition) is 1. The molecule has 118 valence electrons. The van der Waals surface area contributed by atoms with Crippen LogP contribution < -0.4 is 5.32 Å². The van der Waals surface area contributed by atoms with Gasteiger partial charge in [0.25, 0.3) is 0 Å². The van der Waals surface area contributed by atoms with Crippen LogP contribution in [0.3, 0.4) is 0 Å². The Hall–Kier alpha value is -2.32. The molecule has 1 aliphatic carbocycles. The summed E-state index contributed by atoms with van der Waals surface area (Å²) in [5.41, 5.74) is 0. The van der Waals surface area contributed by atoms with Crippen molar-refractivity contribution in [3.8, 4) is 0 Å². The molecule has 0 bridgehead atoms. The minimum Gasteiger partial charge on any atom is -0.346 e. The lowest BCUT2D eigenvalue weighted by Crippen LogP contribution is -2.30. The molecule has 1 atom stereocenters. The molecule has 1 fully saturated rings. The van der Waals surface area contributed by atoms with E-state index >= 15 is 0 Å². The lowest BCUT2D eigenvalue weighted by molar-refractivity contribution is -0.122. The molecule has 1 amide bonds. The average molecular weight is 304 g/mol. The van der Waals surface area contributed by atoms with Crippen molar-refractivity contribution < 1.29 is 4.79 Å². The summed E-state index contributed by atoms with van der Waals surface area (Å²) >= 11 is 0. The first-order chi connectivity index (χ1) is 10.7. The molecule has 1 aliphatic rings. The summed E-state index contributed by atoms with van der Waals surface area (Å²) in [4.78, 5) is 12.0. The molecule has 0 spiro atoms. The fraction of sp³-hybridized carbons (Fsp3) is 0.692. The average Bonchev–Trinajstić information content (AvgIpc) is 3.24. The van der Waals surface area contributed by atoms with E-state index in [1.54, 1.807) is 6.33 Å². The van der Waals surface area contributed by atoms with Gasteiger partial charge in [-0.1, -0.05) is 12.8 Å². The molecule has 0 radical (unpaired) electrons. The van der Waals surface area contributed by atoms with E-state index in [2.05, 4.69) is 35.6 Å². The van der Waals surface area contributed by atoms with Gasteiger partial charge >= 0.3 is 0 Å². The predicted octanol–water partition coefficient (Wildman–Crippen LogP) is 0.647. The number of carbonyl (C=O) groups excluding carboxylic acids is 1. The number of amides is 1. The summed E-state index contributed by atoms with van der Waals surface area (Å²) in [7, 11) is 0. The maximum atomic E-state index is 12.0. The van der Waals surface area contributed by atoms with E-state index in [0.717, 1.165) is 18.7 Å². The third kappa shape index (κ3) is 3.29. The summed E-state index contributed by atoms with van der Waals surface area (Å²) in [5, 5.41) is 22.0. The number of nitrogens with zero attached hydrogens (tertiary/aromatic N) is 7. The highest BCUT2D eigenvalue weighted by Crippen LogP contribution is 2.31. The molecule has 9 nitrogen and oxygen atoms in total. The standard InChI is InChI=1S/C13H20N8O/c1-10(16-12(22)6-7-20-8-15-18-19-20)13-17-14-9-21(13)11-4-2-3-5-11/h8-11H,2-7H2,1H3,(H,16,22)/t10-/m1/s1. The Morgan fingerprint density at radius 2 is 2.18 bits per heavy atom. The maximum Gasteiger partial charge on any atom is 0.222 e. The van der Waals surface area contributed by atoms with Crippen molar-refractivity contribution in [3.63, 3.8) is 0 Å². The largest absolute Gasteiger partial charge is 0.346 e. The number of aromatic nitrogens is 7. The van der Waals surface area contributed by atoms with E-state index in [-0.39, 0.29) is 11.9 Å². The first kappa shape index (κ1) is 14.6. The number of carbonyl (C=O) groups is 1. The Bertz CT molecular complexity index is 601. The van der Waals surface area contributed by atoms with Gasteiger partial charge in [0.05, 0.1) is 12.6 Å². The molecular formula is C13H20N8O. The van der Waals surface area contributed by atoms with Crippen LogP contribution in [-0.4, -0.2) is 40.9 Å². The van der Waals surface area contributed by atoms with Crippen LogP contribution in [0.2, 0.25) is 0 Å². The fourth-order valence-corrected chi connectivity index (χ4v) is 2.90. The Labute approximate surface area is 128 Å². The van der Waals surface area contributed by atoms with Gasteiger partial charge in [-0.15, -0.1) is 15.3 Å². The van der Waals surface area contributed by atoms with Gasteiger partial charge in [0.15, 0.2) is 5.82 Å². The molecule has 2 aromatic heterocycles. The SMILES string of the molecule is C[C@@H](NC(=O)CCn1cnnn1)c1nncn1C1CCCC1. The van der Waals surface area contributed by atoms with E-state index in [0.29, 0.717) is 19.0 Å². The maximum absolute atomic E-state index is 12.0. The van der Waals surface area contributed by atoms with E-state index in [1.165, 1.54) is 23.9 Å². The van der Waals surface area contributed by atoms with Crippen molar-refractivity contribution >= 4 is 5.91 Å². The summed E-state index contributed by atoms with van der Waals surface area (Å²) in [5.74, 6) is 0.770. The van der Waals surface area contributed by atoms with Crippen LogP contribution in [0.25, 0.3) is 0 Å². The number of aryl methyl sites for hydroxylation is 1. The number of nitrogens with one attached hydrogen (secondary N) is 1. The van der Waals surface area contributed by atoms with Gasteiger partial charge < -0.3 is 9.88 Å². The minimum absolute atomic E-state index is 0.0519. The third-order valence-electron chi connectivity index (χ3n) is 4.04. The normalized spacial score (nSPS) is 16.8. The number of hydrogen-bond acceptors (Lipinski definition) is 6. The molecule has 0 aliphatic heterocycles. The van der Waals surface area contributed by atoms with Crippen LogP contribution in [0.4, 0.5) is 0 Å². The second-order valence-electron chi connectivity index (χ2n) is 5.65. The topological polar surface area (TPSA) is 103 Å². The molecule has 1 saturated carbocycles. The van der Waals surface area contributed by atoms with E-state index in [1.807, 2.05) is 6.92 Å². The molecule has 0 unspecified atom stereocenters. The lowest BCUT2D eigenvalue weighted by atomic mass is 10.2. The van der Waals surface area contributed by atoms with Crippen LogP contribution in [0.1, 0.15) is 56.9 Å². The minimum atomic E-state index is -0.163. The van der Waals surface area contributed by atoms with Gasteiger partial charge in [-0.2, -0.15) is 0 Å². The number of rotatable bonds is 6. The van der Waals surface area contributed by atoms with Crippen molar-refractivity contribution in [3.05, 3.63) is 18.5 Å². The molecule has 2 heterocycles. The van der Waals surface area contributed by atoms with E-state index < -0.39 is 0 Å². The Morgan fingerprint density at radius 3 is 2.91 bits per heavy atom. The molecule has 3 rings (SSSR count). The zero-order valence-electron chi connectivity index (χ0n) is 12.6. The van der Waals surface area contributed by atoms with E-state index in [9.17, 15) is 4.79 Å². The fourth-order valence-electron chi connectivity index (χ4n) is 2.90. The second kappa shape index (κ2) is 6.63. The van der Waals surface area contributed by atoms with Crippen LogP contribution in [0, 0.1) is 0 Å². The summed E-state index contributed by atoms with van der Waals surface area (Å²) in [6.07, 6.45) is 8.40. The smallest absolute Gasteiger partial charge is 0.222 e. The van der Waals surface area contributed by atoms with Crippen LogP contribution in [0.5, 0.6) is 0 Å². The molecular weight excluding hydrogens is 284 g/mol. The molecule has 0 aromatic carbocycles. The van der Waals surface area contributed by atoms with Crippen LogP contribution in [-0.2, 0) is 11.3 Å². The van der Waals surface area contributed by atoms with Crippen molar-refractivity contribution in [2.75, 3.05) is 0 Å². The number of tetrazole rings is 1.